The average Bonchev–Trinajstić information content (AvgIpc) is 3.15. The standard InChI is InChI=1S/C19H15F3N6O/c20-19(21,22)8-10-28-11-24-27-18(28)14-5-2-6-16(26-14)25-13-4-1-3-12-17(13)15(29)7-9-23-12/h1-7,9,11H,8,10H2,(H,23,29)(H,25,26). The molecule has 4 rings (SSSR count). The fourth-order valence-electron chi connectivity index (χ4n) is 2.96. The first-order valence-electron chi connectivity index (χ1n) is 8.70. The van der Waals surface area contributed by atoms with Crippen LogP contribution in [-0.2, 0) is 6.54 Å². The zero-order valence-electron chi connectivity index (χ0n) is 14.9. The number of aromatic amines is 1. The third-order valence-electron chi connectivity index (χ3n) is 4.28. The molecule has 10 heteroatoms. The van der Waals surface area contributed by atoms with Crippen molar-refractivity contribution in [1.29, 1.82) is 0 Å². The third kappa shape index (κ3) is 4.10. The molecular weight excluding hydrogens is 385 g/mol. The van der Waals surface area contributed by atoms with Gasteiger partial charge in [-0.1, -0.05) is 12.1 Å². The Balaban J connectivity index is 1.65. The SMILES string of the molecule is O=c1cc[nH]c2cccc(Nc3cccc(-c4nncn4CCC(F)(F)F)n3)c12. The molecule has 0 saturated heterocycles. The van der Waals surface area contributed by atoms with E-state index in [0.717, 1.165) is 0 Å². The monoisotopic (exact) mass is 400 g/mol. The van der Waals surface area contributed by atoms with E-state index in [0.29, 0.717) is 28.1 Å². The predicted octanol–water partition coefficient (Wildman–Crippen LogP) is 3.88. The second-order valence-corrected chi connectivity index (χ2v) is 6.32. The highest BCUT2D eigenvalue weighted by Crippen LogP contribution is 2.25. The zero-order valence-corrected chi connectivity index (χ0v) is 14.9. The zero-order chi connectivity index (χ0) is 20.4. The Morgan fingerprint density at radius 1 is 1.10 bits per heavy atom. The summed E-state index contributed by atoms with van der Waals surface area (Å²) in [5.41, 5.74) is 1.45. The summed E-state index contributed by atoms with van der Waals surface area (Å²) in [5.74, 6) is 0.650. The van der Waals surface area contributed by atoms with Crippen LogP contribution in [0.25, 0.3) is 22.4 Å². The van der Waals surface area contributed by atoms with Crippen molar-refractivity contribution in [3.05, 3.63) is 65.2 Å². The van der Waals surface area contributed by atoms with Crippen LogP contribution in [0.4, 0.5) is 24.7 Å². The molecular formula is C19H15F3N6O. The lowest BCUT2D eigenvalue weighted by Gasteiger charge is -2.11. The summed E-state index contributed by atoms with van der Waals surface area (Å²) in [4.78, 5) is 19.7. The molecule has 148 valence electrons. The Hall–Kier alpha value is -3.69. The molecule has 0 spiro atoms. The van der Waals surface area contributed by atoms with Gasteiger partial charge in [-0.15, -0.1) is 10.2 Å². The maximum atomic E-state index is 12.5. The molecule has 0 aliphatic heterocycles. The van der Waals surface area contributed by atoms with Gasteiger partial charge in [-0.05, 0) is 24.3 Å². The summed E-state index contributed by atoms with van der Waals surface area (Å²) in [6, 6.07) is 11.8. The van der Waals surface area contributed by atoms with E-state index in [4.69, 9.17) is 0 Å². The number of aromatic nitrogens is 5. The number of alkyl halides is 3. The number of hydrogen-bond acceptors (Lipinski definition) is 5. The number of anilines is 2. The molecule has 0 saturated carbocycles. The molecule has 0 bridgehead atoms. The minimum atomic E-state index is -4.28. The van der Waals surface area contributed by atoms with Gasteiger partial charge in [0, 0.05) is 18.8 Å². The van der Waals surface area contributed by atoms with E-state index in [1.54, 1.807) is 42.6 Å². The van der Waals surface area contributed by atoms with Crippen molar-refractivity contribution in [3.63, 3.8) is 0 Å². The van der Waals surface area contributed by atoms with E-state index in [1.165, 1.54) is 17.0 Å². The second kappa shape index (κ2) is 7.38. The van der Waals surface area contributed by atoms with Gasteiger partial charge in [-0.2, -0.15) is 13.2 Å². The van der Waals surface area contributed by atoms with Gasteiger partial charge in [0.1, 0.15) is 17.8 Å². The Morgan fingerprint density at radius 2 is 1.93 bits per heavy atom. The van der Waals surface area contributed by atoms with Crippen molar-refractivity contribution < 1.29 is 13.2 Å². The number of halogens is 3. The molecule has 3 aromatic heterocycles. The number of nitrogens with one attached hydrogen (secondary N) is 2. The maximum absolute atomic E-state index is 12.5. The van der Waals surface area contributed by atoms with E-state index in [9.17, 15) is 18.0 Å². The molecule has 0 aliphatic carbocycles. The van der Waals surface area contributed by atoms with Crippen LogP contribution in [0.1, 0.15) is 6.42 Å². The van der Waals surface area contributed by atoms with Crippen LogP contribution in [0.3, 0.4) is 0 Å². The van der Waals surface area contributed by atoms with Crippen molar-refractivity contribution in [2.24, 2.45) is 0 Å². The van der Waals surface area contributed by atoms with Crippen molar-refractivity contribution >= 4 is 22.4 Å². The quantitative estimate of drug-likeness (QED) is 0.531. The van der Waals surface area contributed by atoms with Gasteiger partial charge in [-0.25, -0.2) is 4.98 Å². The van der Waals surface area contributed by atoms with Gasteiger partial charge in [0.05, 0.1) is 23.0 Å². The number of benzene rings is 1. The largest absolute Gasteiger partial charge is 0.390 e. The normalized spacial score (nSPS) is 11.7. The number of fused-ring (bicyclic) bond motifs is 1. The lowest BCUT2D eigenvalue weighted by atomic mass is 10.1. The fourth-order valence-corrected chi connectivity index (χ4v) is 2.96. The van der Waals surface area contributed by atoms with E-state index in [2.05, 4.69) is 25.5 Å². The lowest BCUT2D eigenvalue weighted by molar-refractivity contribution is -0.136. The average molecular weight is 400 g/mol. The summed E-state index contributed by atoms with van der Waals surface area (Å²) in [5, 5.41) is 11.2. The Bertz CT molecular complexity index is 1210. The van der Waals surface area contributed by atoms with Gasteiger partial charge in [0.2, 0.25) is 0 Å². The summed E-state index contributed by atoms with van der Waals surface area (Å²) < 4.78 is 38.9. The number of pyridine rings is 2. The molecule has 4 aromatic rings. The number of nitrogens with zero attached hydrogens (tertiary/aromatic N) is 4. The van der Waals surface area contributed by atoms with Crippen LogP contribution in [0.2, 0.25) is 0 Å². The van der Waals surface area contributed by atoms with Crippen LogP contribution < -0.4 is 10.7 Å². The van der Waals surface area contributed by atoms with Gasteiger partial charge >= 0.3 is 6.18 Å². The molecule has 0 radical (unpaired) electrons. The summed E-state index contributed by atoms with van der Waals surface area (Å²) >= 11 is 0. The molecule has 0 fully saturated rings. The van der Waals surface area contributed by atoms with Gasteiger partial charge in [0.25, 0.3) is 0 Å². The molecule has 1 aromatic carbocycles. The van der Waals surface area contributed by atoms with Crippen molar-refractivity contribution in [2.75, 3.05) is 5.32 Å². The van der Waals surface area contributed by atoms with Crippen LogP contribution in [0.15, 0.2) is 59.8 Å². The Labute approximate surface area is 162 Å². The molecule has 0 aliphatic rings. The molecule has 29 heavy (non-hydrogen) atoms. The van der Waals surface area contributed by atoms with Crippen molar-refractivity contribution in [1.82, 2.24) is 24.7 Å². The van der Waals surface area contributed by atoms with Gasteiger partial charge in [-0.3, -0.25) is 4.79 Å². The van der Waals surface area contributed by atoms with E-state index < -0.39 is 12.6 Å². The topological polar surface area (TPSA) is 88.5 Å². The van der Waals surface area contributed by atoms with Gasteiger partial charge < -0.3 is 14.9 Å². The molecule has 2 N–H and O–H groups in total. The first-order valence-corrected chi connectivity index (χ1v) is 8.70. The fraction of sp³-hybridized carbons (Fsp3) is 0.158. The Kier molecular flexibility index (Phi) is 4.75. The minimum absolute atomic E-state index is 0.148. The predicted molar refractivity (Wildman–Crippen MR) is 102 cm³/mol. The number of aryl methyl sites for hydroxylation is 1. The van der Waals surface area contributed by atoms with Gasteiger partial charge in [0.15, 0.2) is 11.3 Å². The number of rotatable bonds is 5. The molecule has 0 unspecified atom stereocenters. The van der Waals surface area contributed by atoms with E-state index in [-0.39, 0.29) is 17.8 Å². The first-order chi connectivity index (χ1) is 13.9. The van der Waals surface area contributed by atoms with Crippen LogP contribution in [0, 0.1) is 0 Å². The highest BCUT2D eigenvalue weighted by molar-refractivity contribution is 5.92. The molecule has 3 heterocycles. The summed E-state index contributed by atoms with van der Waals surface area (Å²) in [6.07, 6.45) is -2.46. The maximum Gasteiger partial charge on any atom is 0.390 e. The van der Waals surface area contributed by atoms with E-state index >= 15 is 0 Å². The second-order valence-electron chi connectivity index (χ2n) is 6.32. The van der Waals surface area contributed by atoms with Crippen LogP contribution in [0.5, 0.6) is 0 Å². The summed E-state index contributed by atoms with van der Waals surface area (Å²) in [7, 11) is 0. The van der Waals surface area contributed by atoms with Crippen molar-refractivity contribution in [3.8, 4) is 11.5 Å². The van der Waals surface area contributed by atoms with Crippen molar-refractivity contribution in [2.45, 2.75) is 19.1 Å². The van der Waals surface area contributed by atoms with Crippen LogP contribution >= 0.6 is 0 Å². The highest BCUT2D eigenvalue weighted by Gasteiger charge is 2.27. The third-order valence-corrected chi connectivity index (χ3v) is 4.28. The van der Waals surface area contributed by atoms with Crippen LogP contribution in [-0.4, -0.2) is 30.9 Å². The number of hydrogen-bond donors (Lipinski definition) is 2. The number of H-pyrrole nitrogens is 1. The molecule has 0 atom stereocenters. The highest BCUT2D eigenvalue weighted by atomic mass is 19.4. The first kappa shape index (κ1) is 18.7. The summed E-state index contributed by atoms with van der Waals surface area (Å²) in [6.45, 7) is -0.302. The lowest BCUT2D eigenvalue weighted by Crippen LogP contribution is -2.12. The molecule has 0 amide bonds. The minimum Gasteiger partial charge on any atom is -0.361 e. The smallest absolute Gasteiger partial charge is 0.361 e. The molecule has 7 nitrogen and oxygen atoms in total. The van der Waals surface area contributed by atoms with E-state index in [1.807, 2.05) is 0 Å². The Morgan fingerprint density at radius 3 is 2.76 bits per heavy atom.